The Morgan fingerprint density at radius 2 is 2.00 bits per heavy atom. The van der Waals surface area contributed by atoms with Gasteiger partial charge in [-0.05, 0) is 47.1 Å². The van der Waals surface area contributed by atoms with E-state index < -0.39 is 5.60 Å². The molecule has 0 aliphatic carbocycles. The highest BCUT2D eigenvalue weighted by atomic mass is 16.6. The van der Waals surface area contributed by atoms with Crippen molar-refractivity contribution in [3.05, 3.63) is 0 Å². The number of piperidine rings is 1. The van der Waals surface area contributed by atoms with E-state index in [2.05, 4.69) is 0 Å². The van der Waals surface area contributed by atoms with Crippen molar-refractivity contribution in [2.24, 2.45) is 0 Å². The van der Waals surface area contributed by atoms with E-state index in [4.69, 9.17) is 9.47 Å². The number of amides is 1. The van der Waals surface area contributed by atoms with Crippen LogP contribution in [0.4, 0.5) is 4.79 Å². The van der Waals surface area contributed by atoms with Crippen molar-refractivity contribution in [2.45, 2.75) is 52.2 Å². The minimum atomic E-state index is -0.495. The van der Waals surface area contributed by atoms with E-state index in [-0.39, 0.29) is 24.6 Å². The molecule has 21 heavy (non-hydrogen) atoms. The quantitative estimate of drug-likeness (QED) is 0.742. The topological polar surface area (TPSA) is 59.1 Å². The summed E-state index contributed by atoms with van der Waals surface area (Å²) in [6.07, 6.45) is 1.57. The fourth-order valence-electron chi connectivity index (χ4n) is 2.36. The van der Waals surface area contributed by atoms with Crippen LogP contribution < -0.4 is 0 Å². The highest BCUT2D eigenvalue weighted by molar-refractivity contribution is 5.71. The van der Waals surface area contributed by atoms with Crippen LogP contribution in [0.1, 0.15) is 40.5 Å². The Labute approximate surface area is 127 Å². The molecule has 1 rings (SSSR count). The van der Waals surface area contributed by atoms with Gasteiger partial charge in [0.1, 0.15) is 5.60 Å². The van der Waals surface area contributed by atoms with Crippen molar-refractivity contribution < 1.29 is 19.1 Å². The maximum atomic E-state index is 12.1. The first kappa shape index (κ1) is 17.8. The number of likely N-dealkylation sites (N-methyl/N-ethyl adjacent to an activating group) is 1. The second kappa shape index (κ2) is 7.64. The first-order valence-corrected chi connectivity index (χ1v) is 7.56. The number of likely N-dealkylation sites (tertiary alicyclic amines) is 1. The maximum absolute atomic E-state index is 12.1. The van der Waals surface area contributed by atoms with Crippen LogP contribution in [0.15, 0.2) is 0 Å². The maximum Gasteiger partial charge on any atom is 0.410 e. The van der Waals surface area contributed by atoms with Gasteiger partial charge in [-0.15, -0.1) is 0 Å². The zero-order valence-electron chi connectivity index (χ0n) is 13.8. The summed E-state index contributed by atoms with van der Waals surface area (Å²) in [5.74, 6) is -0.210. The predicted octanol–water partition coefficient (Wildman–Crippen LogP) is 1.88. The molecule has 1 saturated heterocycles. The van der Waals surface area contributed by atoms with Crippen molar-refractivity contribution >= 4 is 12.1 Å². The Morgan fingerprint density at radius 1 is 1.33 bits per heavy atom. The summed E-state index contributed by atoms with van der Waals surface area (Å²) in [5.41, 5.74) is -0.495. The van der Waals surface area contributed by atoms with Gasteiger partial charge in [-0.1, -0.05) is 0 Å². The van der Waals surface area contributed by atoms with Crippen molar-refractivity contribution in [3.63, 3.8) is 0 Å². The fraction of sp³-hybridized carbons (Fsp3) is 0.867. The number of carbonyl (C=O) groups excluding carboxylic acids is 2. The summed E-state index contributed by atoms with van der Waals surface area (Å²) >= 11 is 0. The molecule has 1 unspecified atom stereocenters. The average Bonchev–Trinajstić information content (AvgIpc) is 2.36. The van der Waals surface area contributed by atoms with Crippen LogP contribution in [-0.4, -0.2) is 66.8 Å². The van der Waals surface area contributed by atoms with Crippen LogP contribution in [0.2, 0.25) is 0 Å². The lowest BCUT2D eigenvalue weighted by Gasteiger charge is -2.37. The lowest BCUT2D eigenvalue weighted by Crippen LogP contribution is -2.50. The zero-order chi connectivity index (χ0) is 16.0. The molecule has 0 N–H and O–H groups in total. The second-order valence-electron chi connectivity index (χ2n) is 6.43. The summed E-state index contributed by atoms with van der Waals surface area (Å²) in [4.78, 5) is 27.3. The van der Waals surface area contributed by atoms with Crippen molar-refractivity contribution in [1.82, 2.24) is 9.80 Å². The Hall–Kier alpha value is -1.30. The number of hydrogen-bond donors (Lipinski definition) is 0. The Balaban J connectivity index is 2.51. The standard InChI is InChI=1S/C15H28N2O4/c1-6-20-13(18)11-17-9-7-8-12(10-17)16(5)14(19)21-15(2,3)4/h12H,6-11H2,1-5H3. The molecule has 1 aliphatic heterocycles. The van der Waals surface area contributed by atoms with Crippen molar-refractivity contribution in [3.8, 4) is 0 Å². The molecular formula is C15H28N2O4. The van der Waals surface area contributed by atoms with Crippen LogP contribution in [-0.2, 0) is 14.3 Å². The minimum Gasteiger partial charge on any atom is -0.465 e. The van der Waals surface area contributed by atoms with Gasteiger partial charge in [-0.25, -0.2) is 4.79 Å². The van der Waals surface area contributed by atoms with Crippen LogP contribution in [0.5, 0.6) is 0 Å². The van der Waals surface area contributed by atoms with E-state index in [1.54, 1.807) is 18.9 Å². The number of esters is 1. The van der Waals surface area contributed by atoms with Gasteiger partial charge in [0.25, 0.3) is 0 Å². The first-order chi connectivity index (χ1) is 9.73. The molecule has 1 amide bonds. The fourth-order valence-corrected chi connectivity index (χ4v) is 2.36. The largest absolute Gasteiger partial charge is 0.465 e. The number of rotatable bonds is 4. The van der Waals surface area contributed by atoms with E-state index >= 15 is 0 Å². The van der Waals surface area contributed by atoms with E-state index in [9.17, 15) is 9.59 Å². The lowest BCUT2D eigenvalue weighted by molar-refractivity contribution is -0.144. The van der Waals surface area contributed by atoms with Gasteiger partial charge < -0.3 is 14.4 Å². The number of nitrogens with zero attached hydrogens (tertiary/aromatic N) is 2. The summed E-state index contributed by atoms with van der Waals surface area (Å²) in [7, 11) is 1.76. The summed E-state index contributed by atoms with van der Waals surface area (Å²) < 4.78 is 10.4. The van der Waals surface area contributed by atoms with Gasteiger partial charge in [0.15, 0.2) is 0 Å². The number of hydrogen-bond acceptors (Lipinski definition) is 5. The van der Waals surface area contributed by atoms with E-state index in [0.29, 0.717) is 13.2 Å². The highest BCUT2D eigenvalue weighted by Crippen LogP contribution is 2.17. The van der Waals surface area contributed by atoms with Gasteiger partial charge in [-0.3, -0.25) is 9.69 Å². The van der Waals surface area contributed by atoms with Crippen LogP contribution in [0.25, 0.3) is 0 Å². The van der Waals surface area contributed by atoms with Gasteiger partial charge in [0, 0.05) is 19.6 Å². The average molecular weight is 300 g/mol. The van der Waals surface area contributed by atoms with Crippen molar-refractivity contribution in [1.29, 1.82) is 0 Å². The molecule has 1 atom stereocenters. The molecule has 1 heterocycles. The van der Waals surface area contributed by atoms with E-state index in [0.717, 1.165) is 19.4 Å². The second-order valence-corrected chi connectivity index (χ2v) is 6.43. The normalized spacial score (nSPS) is 20.0. The molecule has 0 aromatic rings. The minimum absolute atomic E-state index is 0.0722. The van der Waals surface area contributed by atoms with Crippen LogP contribution in [0, 0.1) is 0 Å². The Kier molecular flexibility index (Phi) is 6.45. The monoisotopic (exact) mass is 300 g/mol. The van der Waals surface area contributed by atoms with Crippen LogP contribution in [0.3, 0.4) is 0 Å². The molecule has 1 fully saturated rings. The lowest BCUT2D eigenvalue weighted by atomic mass is 10.0. The molecule has 6 heteroatoms. The van der Waals surface area contributed by atoms with E-state index in [1.807, 2.05) is 25.7 Å². The highest BCUT2D eigenvalue weighted by Gasteiger charge is 2.29. The molecule has 6 nitrogen and oxygen atoms in total. The molecule has 0 aromatic heterocycles. The molecule has 0 bridgehead atoms. The molecule has 0 radical (unpaired) electrons. The first-order valence-electron chi connectivity index (χ1n) is 7.56. The van der Waals surface area contributed by atoms with E-state index in [1.165, 1.54) is 0 Å². The third-order valence-corrected chi connectivity index (χ3v) is 3.37. The van der Waals surface area contributed by atoms with Crippen LogP contribution >= 0.6 is 0 Å². The summed E-state index contributed by atoms with van der Waals surface area (Å²) in [5, 5.41) is 0. The van der Waals surface area contributed by atoms with Gasteiger partial charge >= 0.3 is 12.1 Å². The molecule has 1 aliphatic rings. The molecule has 0 saturated carbocycles. The molecular weight excluding hydrogens is 272 g/mol. The number of carbonyl (C=O) groups is 2. The SMILES string of the molecule is CCOC(=O)CN1CCCC(N(C)C(=O)OC(C)(C)C)C1. The van der Waals surface area contributed by atoms with Gasteiger partial charge in [-0.2, -0.15) is 0 Å². The Morgan fingerprint density at radius 3 is 2.57 bits per heavy atom. The third kappa shape index (κ3) is 6.33. The summed E-state index contributed by atoms with van der Waals surface area (Å²) in [6.45, 7) is 9.58. The van der Waals surface area contributed by atoms with Gasteiger partial charge in [0.2, 0.25) is 0 Å². The van der Waals surface area contributed by atoms with Gasteiger partial charge in [0.05, 0.1) is 13.2 Å². The molecule has 122 valence electrons. The Bertz CT molecular complexity index is 365. The molecule has 0 spiro atoms. The zero-order valence-corrected chi connectivity index (χ0v) is 13.8. The smallest absolute Gasteiger partial charge is 0.410 e. The van der Waals surface area contributed by atoms with Crippen molar-refractivity contribution in [2.75, 3.05) is 33.3 Å². The predicted molar refractivity (Wildman–Crippen MR) is 80.1 cm³/mol. The third-order valence-electron chi connectivity index (χ3n) is 3.37. The number of ether oxygens (including phenoxy) is 2. The molecule has 0 aromatic carbocycles. The summed E-state index contributed by atoms with van der Waals surface area (Å²) in [6, 6.07) is 0.0722.